The fourth-order valence-electron chi connectivity index (χ4n) is 3.49. The Morgan fingerprint density at radius 1 is 1.19 bits per heavy atom. The summed E-state index contributed by atoms with van der Waals surface area (Å²) >= 11 is 0. The highest BCUT2D eigenvalue weighted by molar-refractivity contribution is 5.25. The van der Waals surface area contributed by atoms with Crippen LogP contribution < -0.4 is 5.32 Å². The van der Waals surface area contributed by atoms with Gasteiger partial charge in [0.2, 0.25) is 0 Å². The maximum Gasteiger partial charge on any atom is 0.416 e. The van der Waals surface area contributed by atoms with E-state index in [9.17, 15) is 13.2 Å². The molecule has 4 heteroatoms. The summed E-state index contributed by atoms with van der Waals surface area (Å²) in [6, 6.07) is 5.98. The minimum atomic E-state index is -4.25. The van der Waals surface area contributed by atoms with Gasteiger partial charge in [-0.3, -0.25) is 0 Å². The first-order valence-corrected chi connectivity index (χ1v) is 7.81. The largest absolute Gasteiger partial charge is 0.416 e. The van der Waals surface area contributed by atoms with Gasteiger partial charge in [-0.2, -0.15) is 13.2 Å². The Morgan fingerprint density at radius 3 is 2.33 bits per heavy atom. The molecule has 1 aromatic carbocycles. The zero-order chi connectivity index (χ0) is 15.5. The van der Waals surface area contributed by atoms with E-state index in [0.29, 0.717) is 17.9 Å². The Bertz CT molecular complexity index is 438. The Hall–Kier alpha value is -1.03. The van der Waals surface area contributed by atoms with E-state index < -0.39 is 11.7 Å². The van der Waals surface area contributed by atoms with Crippen LogP contribution in [0, 0.1) is 11.8 Å². The smallest absolute Gasteiger partial charge is 0.314 e. The monoisotopic (exact) mass is 299 g/mol. The zero-order valence-corrected chi connectivity index (χ0v) is 12.7. The van der Waals surface area contributed by atoms with Crippen LogP contribution in [0.15, 0.2) is 24.3 Å². The van der Waals surface area contributed by atoms with Crippen molar-refractivity contribution >= 4 is 0 Å². The van der Waals surface area contributed by atoms with E-state index >= 15 is 0 Å². The lowest BCUT2D eigenvalue weighted by Gasteiger charge is -2.28. The third kappa shape index (κ3) is 4.22. The molecule has 0 bridgehead atoms. The molecule has 0 heterocycles. The molecular formula is C17H24F3N. The number of halogens is 3. The summed E-state index contributed by atoms with van der Waals surface area (Å²) in [5, 5.41) is 3.53. The number of rotatable bonds is 5. The van der Waals surface area contributed by atoms with Crippen LogP contribution in [0.5, 0.6) is 0 Å². The predicted molar refractivity (Wildman–Crippen MR) is 79.1 cm³/mol. The molecule has 0 aromatic heterocycles. The maximum absolute atomic E-state index is 12.6. The van der Waals surface area contributed by atoms with Gasteiger partial charge in [-0.05, 0) is 48.9 Å². The summed E-state index contributed by atoms with van der Waals surface area (Å²) in [5.74, 6) is 1.33. The molecule has 1 saturated carbocycles. The van der Waals surface area contributed by atoms with Crippen molar-refractivity contribution in [3.8, 4) is 0 Å². The molecule has 1 aromatic rings. The number of hydrogen-bond acceptors (Lipinski definition) is 1. The lowest BCUT2D eigenvalue weighted by Crippen LogP contribution is -2.39. The lowest BCUT2D eigenvalue weighted by molar-refractivity contribution is -0.137. The van der Waals surface area contributed by atoms with Crippen molar-refractivity contribution < 1.29 is 13.2 Å². The van der Waals surface area contributed by atoms with Crippen molar-refractivity contribution in [2.75, 3.05) is 6.54 Å². The van der Waals surface area contributed by atoms with Gasteiger partial charge in [-0.1, -0.05) is 38.8 Å². The van der Waals surface area contributed by atoms with Crippen LogP contribution in [-0.4, -0.2) is 12.6 Å². The molecule has 0 spiro atoms. The molecule has 1 fully saturated rings. The minimum Gasteiger partial charge on any atom is -0.314 e. The van der Waals surface area contributed by atoms with Gasteiger partial charge in [0.05, 0.1) is 5.56 Å². The van der Waals surface area contributed by atoms with Gasteiger partial charge in [0.15, 0.2) is 0 Å². The van der Waals surface area contributed by atoms with Crippen molar-refractivity contribution in [3.05, 3.63) is 35.4 Å². The Kier molecular flexibility index (Phi) is 5.31. The van der Waals surface area contributed by atoms with E-state index in [2.05, 4.69) is 19.2 Å². The van der Waals surface area contributed by atoms with Gasteiger partial charge in [0, 0.05) is 6.04 Å². The van der Waals surface area contributed by atoms with Crippen molar-refractivity contribution in [1.29, 1.82) is 0 Å². The third-order valence-corrected chi connectivity index (χ3v) is 4.65. The average molecular weight is 299 g/mol. The molecule has 3 atom stereocenters. The molecular weight excluding hydrogens is 275 g/mol. The average Bonchev–Trinajstić information content (AvgIpc) is 2.84. The van der Waals surface area contributed by atoms with E-state index in [0.717, 1.165) is 18.5 Å². The molecule has 0 amide bonds. The van der Waals surface area contributed by atoms with Crippen molar-refractivity contribution in [2.24, 2.45) is 11.8 Å². The van der Waals surface area contributed by atoms with Gasteiger partial charge >= 0.3 is 6.18 Å². The quantitative estimate of drug-likeness (QED) is 0.833. The van der Waals surface area contributed by atoms with Crippen molar-refractivity contribution in [1.82, 2.24) is 5.32 Å². The van der Waals surface area contributed by atoms with E-state index in [1.54, 1.807) is 12.1 Å². The molecule has 1 N–H and O–H groups in total. The number of hydrogen-bond donors (Lipinski definition) is 1. The first-order chi connectivity index (χ1) is 9.91. The van der Waals surface area contributed by atoms with Crippen LogP contribution in [-0.2, 0) is 12.6 Å². The van der Waals surface area contributed by atoms with Crippen LogP contribution in [0.25, 0.3) is 0 Å². The summed E-state index contributed by atoms with van der Waals surface area (Å²) < 4.78 is 37.8. The highest BCUT2D eigenvalue weighted by atomic mass is 19.4. The SMILES string of the molecule is CCNC(Cc1ccc(C(F)(F)F)cc1)C1CCCC1C. The lowest BCUT2D eigenvalue weighted by atomic mass is 9.86. The summed E-state index contributed by atoms with van der Waals surface area (Å²) in [6.07, 6.45) is 0.306. The zero-order valence-electron chi connectivity index (χ0n) is 12.7. The summed E-state index contributed by atoms with van der Waals surface area (Å²) in [7, 11) is 0. The number of nitrogens with one attached hydrogen (secondary N) is 1. The summed E-state index contributed by atoms with van der Waals surface area (Å²) in [4.78, 5) is 0. The first-order valence-electron chi connectivity index (χ1n) is 7.81. The van der Waals surface area contributed by atoms with Gasteiger partial charge in [-0.15, -0.1) is 0 Å². The molecule has 3 unspecified atom stereocenters. The van der Waals surface area contributed by atoms with Gasteiger partial charge in [-0.25, -0.2) is 0 Å². The number of likely N-dealkylation sites (N-methyl/N-ethyl adjacent to an activating group) is 1. The maximum atomic E-state index is 12.6. The van der Waals surface area contributed by atoms with E-state index in [-0.39, 0.29) is 0 Å². The molecule has 21 heavy (non-hydrogen) atoms. The second kappa shape index (κ2) is 6.82. The molecule has 1 nitrogen and oxygen atoms in total. The standard InChI is InChI=1S/C17H24F3N/c1-3-21-16(15-6-4-5-12(15)2)11-13-7-9-14(10-8-13)17(18,19)20/h7-10,12,15-16,21H,3-6,11H2,1-2H3. The highest BCUT2D eigenvalue weighted by Gasteiger charge is 2.32. The second-order valence-corrected chi connectivity index (χ2v) is 6.14. The Morgan fingerprint density at radius 2 is 1.86 bits per heavy atom. The van der Waals surface area contributed by atoms with E-state index in [4.69, 9.17) is 0 Å². The van der Waals surface area contributed by atoms with Crippen LogP contribution in [0.2, 0.25) is 0 Å². The molecule has 118 valence electrons. The Labute approximate surface area is 124 Å². The highest BCUT2D eigenvalue weighted by Crippen LogP contribution is 2.35. The third-order valence-electron chi connectivity index (χ3n) is 4.65. The molecule has 1 aliphatic carbocycles. The number of benzene rings is 1. The predicted octanol–water partition coefficient (Wildman–Crippen LogP) is 4.66. The normalized spacial score (nSPS) is 24.2. The van der Waals surface area contributed by atoms with E-state index in [1.807, 2.05) is 0 Å². The fraction of sp³-hybridized carbons (Fsp3) is 0.647. The van der Waals surface area contributed by atoms with Crippen molar-refractivity contribution in [2.45, 2.75) is 51.7 Å². The van der Waals surface area contributed by atoms with Gasteiger partial charge in [0.1, 0.15) is 0 Å². The van der Waals surface area contributed by atoms with Crippen LogP contribution >= 0.6 is 0 Å². The van der Waals surface area contributed by atoms with Gasteiger partial charge < -0.3 is 5.32 Å². The topological polar surface area (TPSA) is 12.0 Å². The van der Waals surface area contributed by atoms with Crippen LogP contribution in [0.4, 0.5) is 13.2 Å². The van der Waals surface area contributed by atoms with Gasteiger partial charge in [0.25, 0.3) is 0 Å². The summed E-state index contributed by atoms with van der Waals surface area (Å²) in [6.45, 7) is 5.27. The minimum absolute atomic E-state index is 0.365. The van der Waals surface area contributed by atoms with E-state index in [1.165, 1.54) is 31.4 Å². The molecule has 0 aliphatic heterocycles. The molecule has 0 radical (unpaired) electrons. The fourth-order valence-corrected chi connectivity index (χ4v) is 3.49. The molecule has 1 aliphatic rings. The van der Waals surface area contributed by atoms with Crippen molar-refractivity contribution in [3.63, 3.8) is 0 Å². The molecule has 2 rings (SSSR count). The number of alkyl halides is 3. The second-order valence-electron chi connectivity index (χ2n) is 6.14. The first kappa shape index (κ1) is 16.3. The summed E-state index contributed by atoms with van der Waals surface area (Å²) in [5.41, 5.74) is 0.411. The molecule has 0 saturated heterocycles. The van der Waals surface area contributed by atoms with Crippen LogP contribution in [0.1, 0.15) is 44.2 Å². The Balaban J connectivity index is 2.06. The van der Waals surface area contributed by atoms with Crippen LogP contribution in [0.3, 0.4) is 0 Å².